The average Bonchev–Trinajstić information content (AvgIpc) is 2.74. The van der Waals surface area contributed by atoms with Crippen LogP contribution in [0.15, 0.2) is 48.8 Å². The van der Waals surface area contributed by atoms with Gasteiger partial charge in [0.2, 0.25) is 0 Å². The molecule has 28 heavy (non-hydrogen) atoms. The molecular formula is C20H18N6O2. The van der Waals surface area contributed by atoms with E-state index in [9.17, 15) is 10.1 Å². The van der Waals surface area contributed by atoms with E-state index < -0.39 is 0 Å². The van der Waals surface area contributed by atoms with Gasteiger partial charge in [0, 0.05) is 37.6 Å². The van der Waals surface area contributed by atoms with E-state index in [1.807, 2.05) is 6.07 Å². The van der Waals surface area contributed by atoms with Crippen molar-refractivity contribution >= 4 is 28.1 Å². The zero-order chi connectivity index (χ0) is 19.5. The van der Waals surface area contributed by atoms with Crippen molar-refractivity contribution in [2.45, 2.75) is 18.9 Å². The zero-order valence-corrected chi connectivity index (χ0v) is 15.1. The lowest BCUT2D eigenvalue weighted by molar-refractivity contribution is -0.383. The first-order valence-corrected chi connectivity index (χ1v) is 9.05. The number of nitrogens with one attached hydrogen (secondary N) is 1. The van der Waals surface area contributed by atoms with E-state index in [-0.39, 0.29) is 16.7 Å². The maximum atomic E-state index is 11.3. The van der Waals surface area contributed by atoms with Crippen LogP contribution >= 0.6 is 0 Å². The number of aromatic nitrogens is 2. The van der Waals surface area contributed by atoms with Crippen LogP contribution in [0.4, 0.5) is 17.2 Å². The van der Waals surface area contributed by atoms with E-state index >= 15 is 0 Å². The number of fused-ring (bicyclic) bond motifs is 1. The van der Waals surface area contributed by atoms with E-state index in [1.54, 1.807) is 36.7 Å². The standard InChI is InChI=1S/C20H18N6O2/c21-12-14-3-6-19(23-13-14)25-10-7-15(8-11-25)24-17-4-5-18(26(27)28)16-2-1-9-22-20(16)17/h1-6,9,13,15,24H,7-8,10-11H2. The SMILES string of the molecule is N#Cc1ccc(N2CCC(Nc3ccc([N+](=O)[O-])c4cccnc34)CC2)nc1. The first-order valence-electron chi connectivity index (χ1n) is 9.05. The first kappa shape index (κ1) is 17.7. The van der Waals surface area contributed by atoms with Gasteiger partial charge in [-0.1, -0.05) is 0 Å². The van der Waals surface area contributed by atoms with E-state index in [4.69, 9.17) is 5.26 Å². The van der Waals surface area contributed by atoms with Gasteiger partial charge in [0.1, 0.15) is 17.4 Å². The lowest BCUT2D eigenvalue weighted by atomic mass is 10.0. The van der Waals surface area contributed by atoms with Gasteiger partial charge in [-0.2, -0.15) is 5.26 Å². The van der Waals surface area contributed by atoms with Crippen molar-refractivity contribution in [3.8, 4) is 6.07 Å². The summed E-state index contributed by atoms with van der Waals surface area (Å²) in [4.78, 5) is 21.8. The molecule has 0 saturated carbocycles. The third-order valence-electron chi connectivity index (χ3n) is 5.00. The van der Waals surface area contributed by atoms with Gasteiger partial charge in [-0.3, -0.25) is 15.1 Å². The Morgan fingerprint density at radius 2 is 2.00 bits per heavy atom. The Bertz CT molecular complexity index is 1050. The topological polar surface area (TPSA) is 108 Å². The number of rotatable bonds is 4. The molecule has 0 spiro atoms. The van der Waals surface area contributed by atoms with Gasteiger partial charge in [0.05, 0.1) is 21.6 Å². The van der Waals surface area contributed by atoms with Crippen molar-refractivity contribution in [1.29, 1.82) is 5.26 Å². The highest BCUT2D eigenvalue weighted by Crippen LogP contribution is 2.31. The monoisotopic (exact) mass is 374 g/mol. The molecule has 2 aromatic heterocycles. The van der Waals surface area contributed by atoms with E-state index in [1.165, 1.54) is 6.07 Å². The number of piperidine rings is 1. The van der Waals surface area contributed by atoms with Crippen LogP contribution in [-0.4, -0.2) is 34.0 Å². The third kappa shape index (κ3) is 3.42. The maximum Gasteiger partial charge on any atom is 0.278 e. The molecule has 0 aliphatic carbocycles. The van der Waals surface area contributed by atoms with Crippen LogP contribution < -0.4 is 10.2 Å². The zero-order valence-electron chi connectivity index (χ0n) is 15.1. The second kappa shape index (κ2) is 7.48. The fraction of sp³-hybridized carbons (Fsp3) is 0.250. The minimum absolute atomic E-state index is 0.0651. The molecule has 0 radical (unpaired) electrons. The molecule has 0 amide bonds. The van der Waals surface area contributed by atoms with Crippen molar-refractivity contribution < 1.29 is 4.92 Å². The number of nitriles is 1. The smallest absolute Gasteiger partial charge is 0.278 e. The molecule has 8 heteroatoms. The minimum Gasteiger partial charge on any atom is -0.380 e. The van der Waals surface area contributed by atoms with Crippen molar-refractivity contribution in [1.82, 2.24) is 9.97 Å². The van der Waals surface area contributed by atoms with Gasteiger partial charge in [-0.05, 0) is 43.2 Å². The number of benzene rings is 1. The number of nitrogens with zero attached hydrogens (tertiary/aromatic N) is 5. The molecular weight excluding hydrogens is 356 g/mol. The maximum absolute atomic E-state index is 11.3. The van der Waals surface area contributed by atoms with Gasteiger partial charge >= 0.3 is 0 Å². The number of pyridine rings is 2. The van der Waals surface area contributed by atoms with Crippen LogP contribution in [0.1, 0.15) is 18.4 Å². The Balaban J connectivity index is 1.47. The number of hydrogen-bond donors (Lipinski definition) is 1. The van der Waals surface area contributed by atoms with Crippen LogP contribution in [0, 0.1) is 21.4 Å². The Morgan fingerprint density at radius 1 is 1.18 bits per heavy atom. The Kier molecular flexibility index (Phi) is 4.72. The van der Waals surface area contributed by atoms with Crippen molar-refractivity contribution in [3.05, 3.63) is 64.5 Å². The molecule has 1 aliphatic heterocycles. The molecule has 0 unspecified atom stereocenters. The summed E-state index contributed by atoms with van der Waals surface area (Å²) in [5.74, 6) is 0.875. The number of hydrogen-bond acceptors (Lipinski definition) is 7. The molecule has 1 N–H and O–H groups in total. The van der Waals surface area contributed by atoms with Crippen LogP contribution in [0.25, 0.3) is 10.9 Å². The minimum atomic E-state index is -0.378. The first-order chi connectivity index (χ1) is 13.7. The molecule has 0 bridgehead atoms. The number of non-ortho nitro benzene ring substituents is 1. The third-order valence-corrected chi connectivity index (χ3v) is 5.00. The lowest BCUT2D eigenvalue weighted by Crippen LogP contribution is -2.39. The van der Waals surface area contributed by atoms with Gasteiger partial charge < -0.3 is 10.2 Å². The lowest BCUT2D eigenvalue weighted by Gasteiger charge is -2.33. The number of nitro groups is 1. The molecule has 1 aliphatic rings. The summed E-state index contributed by atoms with van der Waals surface area (Å²) < 4.78 is 0. The Morgan fingerprint density at radius 3 is 2.68 bits per heavy atom. The van der Waals surface area contributed by atoms with E-state index in [0.29, 0.717) is 16.5 Å². The van der Waals surface area contributed by atoms with Gasteiger partial charge in [0.15, 0.2) is 0 Å². The van der Waals surface area contributed by atoms with Gasteiger partial charge in [0.25, 0.3) is 5.69 Å². The number of nitro benzene ring substituents is 1. The van der Waals surface area contributed by atoms with Gasteiger partial charge in [-0.25, -0.2) is 4.98 Å². The molecule has 1 saturated heterocycles. The van der Waals surface area contributed by atoms with Crippen LogP contribution in [0.3, 0.4) is 0 Å². The fourth-order valence-electron chi connectivity index (χ4n) is 3.55. The van der Waals surface area contributed by atoms with E-state index in [0.717, 1.165) is 37.4 Å². The molecule has 3 aromatic rings. The summed E-state index contributed by atoms with van der Waals surface area (Å²) in [5.41, 5.74) is 2.05. The highest BCUT2D eigenvalue weighted by Gasteiger charge is 2.22. The summed E-state index contributed by atoms with van der Waals surface area (Å²) in [6.45, 7) is 1.68. The fourth-order valence-corrected chi connectivity index (χ4v) is 3.55. The molecule has 1 aromatic carbocycles. The largest absolute Gasteiger partial charge is 0.380 e. The van der Waals surface area contributed by atoms with Crippen LogP contribution in [0.5, 0.6) is 0 Å². The highest BCUT2D eigenvalue weighted by molar-refractivity contribution is 5.96. The molecule has 0 atom stereocenters. The Hall–Kier alpha value is -3.73. The van der Waals surface area contributed by atoms with Crippen LogP contribution in [-0.2, 0) is 0 Å². The van der Waals surface area contributed by atoms with E-state index in [2.05, 4.69) is 26.3 Å². The van der Waals surface area contributed by atoms with Crippen LogP contribution in [0.2, 0.25) is 0 Å². The highest BCUT2D eigenvalue weighted by atomic mass is 16.6. The predicted octanol–water partition coefficient (Wildman–Crippen LogP) is 3.49. The summed E-state index contributed by atoms with van der Waals surface area (Å²) in [6, 6.07) is 12.7. The Labute approximate surface area is 161 Å². The molecule has 3 heterocycles. The van der Waals surface area contributed by atoms with Crippen molar-refractivity contribution in [2.24, 2.45) is 0 Å². The second-order valence-corrected chi connectivity index (χ2v) is 6.71. The predicted molar refractivity (Wildman–Crippen MR) is 106 cm³/mol. The summed E-state index contributed by atoms with van der Waals surface area (Å²) in [5, 5.41) is 24.2. The second-order valence-electron chi connectivity index (χ2n) is 6.71. The molecule has 1 fully saturated rings. The molecule has 140 valence electrons. The van der Waals surface area contributed by atoms with Crippen molar-refractivity contribution in [3.63, 3.8) is 0 Å². The quantitative estimate of drug-likeness (QED) is 0.550. The summed E-state index contributed by atoms with van der Waals surface area (Å²) in [7, 11) is 0. The normalized spacial score (nSPS) is 14.6. The summed E-state index contributed by atoms with van der Waals surface area (Å²) >= 11 is 0. The average molecular weight is 374 g/mol. The molecule has 8 nitrogen and oxygen atoms in total. The number of anilines is 2. The van der Waals surface area contributed by atoms with Crippen molar-refractivity contribution in [2.75, 3.05) is 23.3 Å². The summed E-state index contributed by atoms with van der Waals surface area (Å²) in [6.07, 6.45) is 5.06. The van der Waals surface area contributed by atoms with Gasteiger partial charge in [-0.15, -0.1) is 0 Å². The molecule has 4 rings (SSSR count).